The molecule has 0 aliphatic heterocycles. The number of fused-ring (bicyclic) bond motifs is 1. The molecule has 3 aromatic rings. The lowest BCUT2D eigenvalue weighted by atomic mass is 10.1. The van der Waals surface area contributed by atoms with Crippen molar-refractivity contribution in [3.8, 4) is 0 Å². The molecule has 2 heterocycles. The molecule has 27 heavy (non-hydrogen) atoms. The van der Waals surface area contributed by atoms with E-state index in [1.807, 2.05) is 24.3 Å². The molecule has 1 amide bonds. The number of rotatable bonds is 6. The van der Waals surface area contributed by atoms with Crippen LogP contribution >= 0.6 is 0 Å². The van der Waals surface area contributed by atoms with Gasteiger partial charge in [-0.25, -0.2) is 4.79 Å². The Hall–Kier alpha value is -3.09. The molecule has 1 aromatic carbocycles. The molecule has 0 atom stereocenters. The molecule has 2 aromatic heterocycles. The summed E-state index contributed by atoms with van der Waals surface area (Å²) >= 11 is 0. The number of nitrogens with zero attached hydrogens (tertiary/aromatic N) is 1. The predicted octanol–water partition coefficient (Wildman–Crippen LogP) is 2.55. The third-order valence-electron chi connectivity index (χ3n) is 4.47. The Morgan fingerprint density at radius 1 is 1.19 bits per heavy atom. The molecule has 0 unspecified atom stereocenters. The summed E-state index contributed by atoms with van der Waals surface area (Å²) in [6.45, 7) is 6.95. The van der Waals surface area contributed by atoms with Gasteiger partial charge in [0.25, 0.3) is 5.56 Å². The maximum atomic E-state index is 12.3. The molecular formula is C20H24N4O3. The zero-order chi connectivity index (χ0) is 19.6. The number of aromatic nitrogens is 3. The zero-order valence-electron chi connectivity index (χ0n) is 15.8. The van der Waals surface area contributed by atoms with Crippen molar-refractivity contribution in [1.29, 1.82) is 0 Å². The van der Waals surface area contributed by atoms with Crippen LogP contribution < -0.4 is 16.6 Å². The van der Waals surface area contributed by atoms with Crippen LogP contribution in [0.2, 0.25) is 0 Å². The number of amides is 1. The van der Waals surface area contributed by atoms with Gasteiger partial charge in [-0.15, -0.1) is 0 Å². The van der Waals surface area contributed by atoms with Crippen molar-refractivity contribution in [3.63, 3.8) is 0 Å². The number of hydrogen-bond acceptors (Lipinski definition) is 3. The molecule has 0 spiro atoms. The van der Waals surface area contributed by atoms with Crippen LogP contribution in [0.4, 0.5) is 5.69 Å². The highest BCUT2D eigenvalue weighted by molar-refractivity contribution is 5.94. The fraction of sp³-hybridized carbons (Fsp3) is 0.350. The van der Waals surface area contributed by atoms with E-state index in [1.54, 1.807) is 6.92 Å². The van der Waals surface area contributed by atoms with Crippen LogP contribution in [-0.4, -0.2) is 20.4 Å². The fourth-order valence-corrected chi connectivity index (χ4v) is 3.22. The number of carbonyl (C=O) groups excluding carboxylic acids is 1. The largest absolute Gasteiger partial charge is 0.347 e. The van der Waals surface area contributed by atoms with E-state index in [1.165, 1.54) is 0 Å². The van der Waals surface area contributed by atoms with Gasteiger partial charge in [0.15, 0.2) is 0 Å². The number of carbonyl (C=O) groups is 1. The Morgan fingerprint density at radius 3 is 2.67 bits per heavy atom. The van der Waals surface area contributed by atoms with E-state index in [9.17, 15) is 14.4 Å². The Morgan fingerprint density at radius 2 is 1.96 bits per heavy atom. The number of benzene rings is 1. The van der Waals surface area contributed by atoms with Gasteiger partial charge in [-0.05, 0) is 43.5 Å². The fourth-order valence-electron chi connectivity index (χ4n) is 3.22. The number of nitrogens with one attached hydrogen (secondary N) is 3. The Bertz CT molecular complexity index is 1090. The summed E-state index contributed by atoms with van der Waals surface area (Å²) in [7, 11) is 0. The number of aryl methyl sites for hydroxylation is 1. The first-order chi connectivity index (χ1) is 12.8. The Balaban J connectivity index is 1.68. The van der Waals surface area contributed by atoms with Gasteiger partial charge in [0, 0.05) is 47.0 Å². The van der Waals surface area contributed by atoms with E-state index >= 15 is 0 Å². The van der Waals surface area contributed by atoms with E-state index in [4.69, 9.17) is 0 Å². The predicted molar refractivity (Wildman–Crippen MR) is 106 cm³/mol. The van der Waals surface area contributed by atoms with Crippen LogP contribution in [0.5, 0.6) is 0 Å². The summed E-state index contributed by atoms with van der Waals surface area (Å²) in [6.07, 6.45) is 2.47. The lowest BCUT2D eigenvalue weighted by Gasteiger charge is -2.09. The maximum absolute atomic E-state index is 12.3. The second-order valence-electron chi connectivity index (χ2n) is 7.20. The maximum Gasteiger partial charge on any atom is 0.325 e. The molecular weight excluding hydrogens is 344 g/mol. The summed E-state index contributed by atoms with van der Waals surface area (Å²) in [5.41, 5.74) is 1.79. The number of H-pyrrole nitrogens is 2. The SMILES string of the molecule is Cc1[nH]c(=O)[nH]c(=O)c1CCC(=O)Nc1ccc2c(ccn2CC(C)C)c1. The van der Waals surface area contributed by atoms with Crippen LogP contribution in [-0.2, 0) is 17.8 Å². The summed E-state index contributed by atoms with van der Waals surface area (Å²) in [5.74, 6) is 0.375. The highest BCUT2D eigenvalue weighted by Gasteiger charge is 2.10. The monoisotopic (exact) mass is 368 g/mol. The average Bonchev–Trinajstić information content (AvgIpc) is 2.95. The molecule has 0 saturated carbocycles. The van der Waals surface area contributed by atoms with Gasteiger partial charge in [-0.2, -0.15) is 0 Å². The first kappa shape index (κ1) is 18.7. The molecule has 0 bridgehead atoms. The van der Waals surface area contributed by atoms with Crippen molar-refractivity contribution in [1.82, 2.24) is 14.5 Å². The van der Waals surface area contributed by atoms with Crippen molar-refractivity contribution in [2.24, 2.45) is 5.92 Å². The summed E-state index contributed by atoms with van der Waals surface area (Å²) in [4.78, 5) is 40.1. The standard InChI is InChI=1S/C20H24N4O3/c1-12(2)11-24-9-8-14-10-15(4-6-17(14)24)22-18(25)7-5-16-13(3)21-20(27)23-19(16)26/h4,6,8-10,12H,5,7,11H2,1-3H3,(H,22,25)(H2,21,23,26,27). The third kappa shape index (κ3) is 4.36. The van der Waals surface area contributed by atoms with Crippen molar-refractivity contribution in [2.45, 2.75) is 40.2 Å². The molecule has 7 nitrogen and oxygen atoms in total. The first-order valence-corrected chi connectivity index (χ1v) is 9.04. The molecule has 3 N–H and O–H groups in total. The van der Waals surface area contributed by atoms with Gasteiger partial charge < -0.3 is 14.9 Å². The first-order valence-electron chi connectivity index (χ1n) is 9.04. The van der Waals surface area contributed by atoms with E-state index in [2.05, 4.69) is 39.9 Å². The highest BCUT2D eigenvalue weighted by Crippen LogP contribution is 2.21. The normalized spacial score (nSPS) is 11.3. The zero-order valence-corrected chi connectivity index (χ0v) is 15.8. The van der Waals surface area contributed by atoms with Crippen LogP contribution in [0.15, 0.2) is 40.1 Å². The molecule has 0 aliphatic carbocycles. The molecule has 0 fully saturated rings. The van der Waals surface area contributed by atoms with E-state index in [-0.39, 0.29) is 18.7 Å². The quantitative estimate of drug-likeness (QED) is 0.623. The average molecular weight is 368 g/mol. The summed E-state index contributed by atoms with van der Waals surface area (Å²) in [5, 5.41) is 3.94. The summed E-state index contributed by atoms with van der Waals surface area (Å²) in [6, 6.07) is 7.87. The van der Waals surface area contributed by atoms with Crippen LogP contribution in [0.25, 0.3) is 10.9 Å². The van der Waals surface area contributed by atoms with Crippen molar-refractivity contribution in [2.75, 3.05) is 5.32 Å². The molecule has 0 saturated heterocycles. The van der Waals surface area contributed by atoms with Gasteiger partial charge in [0.1, 0.15) is 0 Å². The topological polar surface area (TPSA) is 99.8 Å². The van der Waals surface area contributed by atoms with Gasteiger partial charge in [0.2, 0.25) is 5.91 Å². The number of aromatic amines is 2. The second-order valence-corrected chi connectivity index (χ2v) is 7.20. The lowest BCUT2D eigenvalue weighted by molar-refractivity contribution is -0.116. The lowest BCUT2D eigenvalue weighted by Crippen LogP contribution is -2.27. The van der Waals surface area contributed by atoms with E-state index < -0.39 is 11.2 Å². The number of hydrogen-bond donors (Lipinski definition) is 3. The third-order valence-corrected chi connectivity index (χ3v) is 4.47. The Labute approximate surface area is 156 Å². The van der Waals surface area contributed by atoms with Gasteiger partial charge in [0.05, 0.1) is 0 Å². The minimum atomic E-state index is -0.539. The van der Waals surface area contributed by atoms with Gasteiger partial charge >= 0.3 is 5.69 Å². The highest BCUT2D eigenvalue weighted by atomic mass is 16.2. The van der Waals surface area contributed by atoms with Gasteiger partial charge in [-0.1, -0.05) is 13.8 Å². The smallest absolute Gasteiger partial charge is 0.325 e. The van der Waals surface area contributed by atoms with Gasteiger partial charge in [-0.3, -0.25) is 14.6 Å². The Kier molecular flexibility index (Phi) is 5.30. The molecule has 7 heteroatoms. The molecule has 3 rings (SSSR count). The van der Waals surface area contributed by atoms with Crippen molar-refractivity contribution in [3.05, 3.63) is 62.6 Å². The summed E-state index contributed by atoms with van der Waals surface area (Å²) < 4.78 is 2.21. The molecule has 142 valence electrons. The van der Waals surface area contributed by atoms with Crippen LogP contribution in [0.3, 0.4) is 0 Å². The van der Waals surface area contributed by atoms with Crippen molar-refractivity contribution >= 4 is 22.5 Å². The van der Waals surface area contributed by atoms with Crippen LogP contribution in [0, 0.1) is 12.8 Å². The minimum Gasteiger partial charge on any atom is -0.347 e. The van der Waals surface area contributed by atoms with E-state index in [0.29, 0.717) is 17.2 Å². The molecule has 0 aliphatic rings. The van der Waals surface area contributed by atoms with E-state index in [0.717, 1.165) is 23.1 Å². The van der Waals surface area contributed by atoms with Crippen molar-refractivity contribution < 1.29 is 4.79 Å². The number of anilines is 1. The molecule has 0 radical (unpaired) electrons. The van der Waals surface area contributed by atoms with Crippen LogP contribution in [0.1, 0.15) is 31.5 Å². The minimum absolute atomic E-state index is 0.155. The second kappa shape index (κ2) is 7.65.